The van der Waals surface area contributed by atoms with Gasteiger partial charge in [-0.2, -0.15) is 5.10 Å². The Kier molecular flexibility index (Phi) is 7.54. The van der Waals surface area contributed by atoms with Crippen molar-refractivity contribution in [1.29, 1.82) is 0 Å². The lowest BCUT2D eigenvalue weighted by atomic mass is 9.70. The van der Waals surface area contributed by atoms with Crippen LogP contribution in [0.5, 0.6) is 0 Å². The first-order valence-electron chi connectivity index (χ1n) is 12.5. The molecule has 9 heteroatoms. The van der Waals surface area contributed by atoms with Crippen LogP contribution in [0.1, 0.15) is 91.2 Å². The number of hydrogen-bond donors (Lipinski definition) is 1. The monoisotopic (exact) mass is 533 g/mol. The molecule has 2 aromatic rings. The largest absolute Gasteiger partial charge is 0.481 e. The summed E-state index contributed by atoms with van der Waals surface area (Å²) in [6.07, 6.45) is 7.18. The van der Waals surface area contributed by atoms with E-state index >= 15 is 0 Å². The predicted octanol–water partition coefficient (Wildman–Crippen LogP) is 6.22. The molecule has 1 heterocycles. The zero-order valence-corrected chi connectivity index (χ0v) is 22.5. The summed E-state index contributed by atoms with van der Waals surface area (Å²) in [7, 11) is 0. The van der Waals surface area contributed by atoms with Crippen molar-refractivity contribution in [1.82, 2.24) is 14.7 Å². The number of rotatable bonds is 8. The molecule has 2 saturated carbocycles. The van der Waals surface area contributed by atoms with Crippen molar-refractivity contribution in [3.05, 3.63) is 51.3 Å². The van der Waals surface area contributed by atoms with E-state index in [-0.39, 0.29) is 45.3 Å². The van der Waals surface area contributed by atoms with Crippen LogP contribution in [0.4, 0.5) is 0 Å². The van der Waals surface area contributed by atoms with Gasteiger partial charge in [0.2, 0.25) is 0 Å². The van der Waals surface area contributed by atoms with Gasteiger partial charge in [0, 0.05) is 12.2 Å². The maximum absolute atomic E-state index is 13.8. The van der Waals surface area contributed by atoms with Gasteiger partial charge in [-0.1, -0.05) is 42.6 Å². The predicted molar refractivity (Wildman–Crippen MR) is 139 cm³/mol. The summed E-state index contributed by atoms with van der Waals surface area (Å²) in [5, 5.41) is 14.6. The first-order valence-corrected chi connectivity index (χ1v) is 13.2. The maximum atomic E-state index is 13.8. The van der Waals surface area contributed by atoms with Crippen LogP contribution in [0.3, 0.4) is 0 Å². The molecule has 0 unspecified atom stereocenters. The number of Topliss-reactive ketones (excluding diaryl/α,β-unsaturated/α-hetero) is 1. The second kappa shape index (κ2) is 10.2. The molecular formula is C27H33Cl2N3O4. The van der Waals surface area contributed by atoms with E-state index in [1.807, 2.05) is 11.6 Å². The Morgan fingerprint density at radius 2 is 1.72 bits per heavy atom. The summed E-state index contributed by atoms with van der Waals surface area (Å²) in [5.41, 5.74) is 0.673. The summed E-state index contributed by atoms with van der Waals surface area (Å²) in [4.78, 5) is 40.3. The van der Waals surface area contributed by atoms with Crippen molar-refractivity contribution in [2.45, 2.75) is 71.8 Å². The zero-order chi connectivity index (χ0) is 26.3. The first kappa shape index (κ1) is 26.7. The second-order valence-electron chi connectivity index (χ2n) is 11.0. The summed E-state index contributed by atoms with van der Waals surface area (Å²) in [6.45, 7) is 6.13. The van der Waals surface area contributed by atoms with E-state index in [0.717, 1.165) is 25.0 Å². The van der Waals surface area contributed by atoms with Crippen LogP contribution >= 0.6 is 23.2 Å². The Morgan fingerprint density at radius 1 is 1.11 bits per heavy atom. The van der Waals surface area contributed by atoms with E-state index in [1.54, 1.807) is 36.2 Å². The molecule has 4 rings (SSSR count). The molecule has 1 aromatic carbocycles. The van der Waals surface area contributed by atoms with Crippen LogP contribution in [-0.2, 0) is 4.79 Å². The molecule has 0 bridgehead atoms. The lowest BCUT2D eigenvalue weighted by Gasteiger charge is -2.42. The van der Waals surface area contributed by atoms with Crippen molar-refractivity contribution in [2.75, 3.05) is 13.1 Å². The fourth-order valence-electron chi connectivity index (χ4n) is 5.49. The molecule has 2 aliphatic carbocycles. The van der Waals surface area contributed by atoms with Crippen molar-refractivity contribution in [2.24, 2.45) is 10.8 Å². The van der Waals surface area contributed by atoms with Gasteiger partial charge in [-0.3, -0.25) is 19.1 Å². The number of carboxylic acid groups (broad SMARTS) is 1. The molecule has 0 saturated heterocycles. The lowest BCUT2D eigenvalue weighted by Crippen LogP contribution is -2.45. The molecule has 36 heavy (non-hydrogen) atoms. The zero-order valence-electron chi connectivity index (χ0n) is 21.0. The van der Waals surface area contributed by atoms with Crippen LogP contribution in [0.15, 0.2) is 24.4 Å². The van der Waals surface area contributed by atoms with Gasteiger partial charge in [-0.05, 0) is 69.9 Å². The fraction of sp³-hybridized carbons (Fsp3) is 0.556. The van der Waals surface area contributed by atoms with Gasteiger partial charge in [-0.15, -0.1) is 0 Å². The molecule has 0 radical (unpaired) electrons. The van der Waals surface area contributed by atoms with Gasteiger partial charge in [-0.25, -0.2) is 0 Å². The topological polar surface area (TPSA) is 92.5 Å². The Labute approximate surface area is 221 Å². The number of aliphatic carboxylic acids is 1. The number of ketones is 1. The molecule has 7 nitrogen and oxygen atoms in total. The maximum Gasteiger partial charge on any atom is 0.309 e. The highest BCUT2D eigenvalue weighted by molar-refractivity contribution is 6.40. The molecule has 0 aliphatic heterocycles. The first-order chi connectivity index (χ1) is 16.9. The van der Waals surface area contributed by atoms with Crippen LogP contribution in [0, 0.1) is 17.8 Å². The van der Waals surface area contributed by atoms with Crippen LogP contribution in [0.25, 0.3) is 0 Å². The van der Waals surface area contributed by atoms with E-state index in [1.165, 1.54) is 0 Å². The van der Waals surface area contributed by atoms with Crippen molar-refractivity contribution >= 4 is 40.9 Å². The summed E-state index contributed by atoms with van der Waals surface area (Å²) in [5.74, 6) is -1.31. The third kappa shape index (κ3) is 5.18. The molecule has 194 valence electrons. The number of carbonyl (C=O) groups is 3. The number of aromatic nitrogens is 2. The van der Waals surface area contributed by atoms with Gasteiger partial charge >= 0.3 is 5.97 Å². The minimum atomic E-state index is -0.766. The van der Waals surface area contributed by atoms with Crippen molar-refractivity contribution in [3.63, 3.8) is 0 Å². The number of amides is 1. The van der Waals surface area contributed by atoms with E-state index in [0.29, 0.717) is 37.8 Å². The van der Waals surface area contributed by atoms with Gasteiger partial charge < -0.3 is 10.0 Å². The average molecular weight is 534 g/mol. The van der Waals surface area contributed by atoms with Gasteiger partial charge in [0.25, 0.3) is 5.91 Å². The lowest BCUT2D eigenvalue weighted by molar-refractivity contribution is -0.150. The number of carboxylic acids is 1. The standard InChI is InChI=1S/C27H33Cl2N3O4/c1-17-19(14-30-32(17)18-8-12-27(3,13-9-18)25(35)36)24(34)31(16-26(2)10-5-11-26)15-22(33)23-20(28)6-4-7-21(23)29/h4,6-7,14,18H,5,8-13,15-16H2,1-3H3,(H,35,36)/t18-,27-. The Balaban J connectivity index is 1.56. The quantitative estimate of drug-likeness (QED) is 0.406. The Hall–Kier alpha value is -2.38. The summed E-state index contributed by atoms with van der Waals surface area (Å²) in [6, 6.07) is 4.96. The third-order valence-electron chi connectivity index (χ3n) is 8.19. The highest BCUT2D eigenvalue weighted by atomic mass is 35.5. The summed E-state index contributed by atoms with van der Waals surface area (Å²) >= 11 is 12.5. The molecule has 1 N–H and O–H groups in total. The van der Waals surface area contributed by atoms with Gasteiger partial charge in [0.05, 0.1) is 45.4 Å². The molecular weight excluding hydrogens is 501 g/mol. The van der Waals surface area contributed by atoms with E-state index in [2.05, 4.69) is 12.0 Å². The van der Waals surface area contributed by atoms with Crippen molar-refractivity contribution in [3.8, 4) is 0 Å². The molecule has 0 atom stereocenters. The number of nitrogens with zero attached hydrogens (tertiary/aromatic N) is 3. The SMILES string of the molecule is Cc1c(C(=O)N(CC(=O)c2c(Cl)cccc2Cl)CC2(C)CCC2)cnn1[C@H]1CC[C@](C)(C(=O)O)CC1. The minimum absolute atomic E-state index is 0.0330. The molecule has 1 aromatic heterocycles. The van der Waals surface area contributed by atoms with Gasteiger partial charge in [0.1, 0.15) is 0 Å². The van der Waals surface area contributed by atoms with E-state index in [9.17, 15) is 19.5 Å². The van der Waals surface area contributed by atoms with Gasteiger partial charge in [0.15, 0.2) is 5.78 Å². The van der Waals surface area contributed by atoms with E-state index in [4.69, 9.17) is 23.2 Å². The normalized spacial score (nSPS) is 23.1. The molecule has 1 amide bonds. The van der Waals surface area contributed by atoms with Crippen molar-refractivity contribution < 1.29 is 19.5 Å². The number of carbonyl (C=O) groups excluding carboxylic acids is 2. The highest BCUT2D eigenvalue weighted by Gasteiger charge is 2.40. The number of benzene rings is 1. The van der Waals surface area contributed by atoms with Crippen LogP contribution in [-0.4, -0.2) is 50.5 Å². The van der Waals surface area contributed by atoms with E-state index < -0.39 is 11.4 Å². The number of halogens is 2. The third-order valence-corrected chi connectivity index (χ3v) is 8.82. The summed E-state index contributed by atoms with van der Waals surface area (Å²) < 4.78 is 1.85. The average Bonchev–Trinajstić information content (AvgIpc) is 3.18. The Bertz CT molecular complexity index is 1160. The van der Waals surface area contributed by atoms with Crippen LogP contribution < -0.4 is 0 Å². The smallest absolute Gasteiger partial charge is 0.309 e. The minimum Gasteiger partial charge on any atom is -0.481 e. The second-order valence-corrected chi connectivity index (χ2v) is 11.8. The Morgan fingerprint density at radius 3 is 2.25 bits per heavy atom. The fourth-order valence-corrected chi connectivity index (χ4v) is 6.09. The highest BCUT2D eigenvalue weighted by Crippen LogP contribution is 2.42. The number of hydrogen-bond acceptors (Lipinski definition) is 4. The molecule has 2 fully saturated rings. The molecule has 0 spiro atoms. The molecule has 2 aliphatic rings. The van der Waals surface area contributed by atoms with Crippen LogP contribution in [0.2, 0.25) is 10.0 Å².